The highest BCUT2D eigenvalue weighted by Gasteiger charge is 2.21. The van der Waals surface area contributed by atoms with Gasteiger partial charge in [-0.3, -0.25) is 4.79 Å². The summed E-state index contributed by atoms with van der Waals surface area (Å²) in [4.78, 5) is 12.1. The second kappa shape index (κ2) is 7.96. The van der Waals surface area contributed by atoms with Crippen LogP contribution in [-0.2, 0) is 10.0 Å². The van der Waals surface area contributed by atoms with Crippen LogP contribution in [0.2, 0.25) is 10.2 Å². The van der Waals surface area contributed by atoms with E-state index in [4.69, 9.17) is 23.2 Å². The highest BCUT2D eigenvalue weighted by molar-refractivity contribution is 7.89. The van der Waals surface area contributed by atoms with Crippen LogP contribution in [-0.4, -0.2) is 30.4 Å². The van der Waals surface area contributed by atoms with E-state index < -0.39 is 27.3 Å². The topological polar surface area (TPSA) is 81.1 Å². The molecule has 0 bridgehead atoms. The van der Waals surface area contributed by atoms with E-state index in [1.54, 1.807) is 4.72 Å². The minimum Gasteiger partial charge on any atom is -0.268 e. The van der Waals surface area contributed by atoms with Crippen molar-refractivity contribution in [2.45, 2.75) is 0 Å². The fourth-order valence-corrected chi connectivity index (χ4v) is 4.09. The Labute approximate surface area is 187 Å². The Morgan fingerprint density at radius 1 is 1.03 bits per heavy atom. The first-order valence-electron chi connectivity index (χ1n) is 8.89. The summed E-state index contributed by atoms with van der Waals surface area (Å²) in [5.41, 5.74) is 2.09. The zero-order valence-corrected chi connectivity index (χ0v) is 18.3. The second-order valence-electron chi connectivity index (χ2n) is 6.79. The van der Waals surface area contributed by atoms with Gasteiger partial charge in [0, 0.05) is 11.5 Å². The van der Waals surface area contributed by atoms with Crippen LogP contribution in [0.3, 0.4) is 0 Å². The molecule has 4 rings (SSSR count). The van der Waals surface area contributed by atoms with Crippen LogP contribution in [0.15, 0.2) is 60.7 Å². The Kier molecular flexibility index (Phi) is 5.47. The molecular formula is C21H14Cl2FN3O3S. The molecule has 1 amide bonds. The van der Waals surface area contributed by atoms with Gasteiger partial charge >= 0.3 is 0 Å². The molecule has 0 fully saturated rings. The van der Waals surface area contributed by atoms with Gasteiger partial charge in [0.1, 0.15) is 5.82 Å². The first kappa shape index (κ1) is 21.3. The molecule has 1 heterocycles. The average Bonchev–Trinajstić information content (AvgIpc) is 3.04. The van der Waals surface area contributed by atoms with Crippen molar-refractivity contribution in [2.75, 3.05) is 6.26 Å². The lowest BCUT2D eigenvalue weighted by Crippen LogP contribution is -2.30. The minimum atomic E-state index is -3.86. The predicted molar refractivity (Wildman–Crippen MR) is 119 cm³/mol. The number of carbonyl (C=O) groups excluding carboxylic acids is 1. The molecule has 0 saturated carbocycles. The van der Waals surface area contributed by atoms with Gasteiger partial charge in [0.25, 0.3) is 5.91 Å². The zero-order chi connectivity index (χ0) is 22.3. The number of hydrogen-bond acceptors (Lipinski definition) is 4. The van der Waals surface area contributed by atoms with Gasteiger partial charge in [0.05, 0.1) is 28.0 Å². The molecule has 4 aromatic rings. The number of nitrogens with zero attached hydrogens (tertiary/aromatic N) is 2. The van der Waals surface area contributed by atoms with E-state index in [-0.39, 0.29) is 15.9 Å². The summed E-state index contributed by atoms with van der Waals surface area (Å²) < 4.78 is 40.4. The summed E-state index contributed by atoms with van der Waals surface area (Å²) in [6.45, 7) is 0. The van der Waals surface area contributed by atoms with Crippen molar-refractivity contribution in [1.82, 2.24) is 14.5 Å². The fourth-order valence-electron chi connectivity index (χ4n) is 3.17. The maximum Gasteiger partial charge on any atom is 0.267 e. The number of amides is 1. The Balaban J connectivity index is 1.85. The maximum absolute atomic E-state index is 14.7. The van der Waals surface area contributed by atoms with Crippen LogP contribution in [0, 0.1) is 5.82 Å². The van der Waals surface area contributed by atoms with Crippen molar-refractivity contribution in [1.29, 1.82) is 0 Å². The van der Waals surface area contributed by atoms with Crippen molar-refractivity contribution in [2.24, 2.45) is 0 Å². The Morgan fingerprint density at radius 3 is 2.42 bits per heavy atom. The number of aromatic nitrogens is 2. The van der Waals surface area contributed by atoms with Crippen molar-refractivity contribution in [3.8, 4) is 16.8 Å². The highest BCUT2D eigenvalue weighted by atomic mass is 35.5. The number of sulfonamides is 1. The molecule has 0 atom stereocenters. The summed E-state index contributed by atoms with van der Waals surface area (Å²) in [6.07, 6.45) is 0.793. The van der Waals surface area contributed by atoms with Crippen molar-refractivity contribution < 1.29 is 17.6 Å². The van der Waals surface area contributed by atoms with E-state index in [9.17, 15) is 17.6 Å². The van der Waals surface area contributed by atoms with Crippen molar-refractivity contribution in [3.05, 3.63) is 82.2 Å². The van der Waals surface area contributed by atoms with Gasteiger partial charge in [-0.25, -0.2) is 22.2 Å². The van der Waals surface area contributed by atoms with Crippen LogP contribution in [0.4, 0.5) is 4.39 Å². The van der Waals surface area contributed by atoms with Gasteiger partial charge in [0.2, 0.25) is 10.0 Å². The second-order valence-corrected chi connectivity index (χ2v) is 9.30. The maximum atomic E-state index is 14.7. The summed E-state index contributed by atoms with van der Waals surface area (Å²) in [5, 5.41) is 5.09. The largest absolute Gasteiger partial charge is 0.268 e. The summed E-state index contributed by atoms with van der Waals surface area (Å²) in [5.74, 6) is -2.08. The van der Waals surface area contributed by atoms with Crippen LogP contribution in [0.1, 0.15) is 10.4 Å². The molecule has 1 N–H and O–H groups in total. The first-order chi connectivity index (χ1) is 14.6. The van der Waals surface area contributed by atoms with Crippen molar-refractivity contribution in [3.63, 3.8) is 0 Å². The number of benzene rings is 3. The van der Waals surface area contributed by atoms with Gasteiger partial charge in [-0.2, -0.15) is 5.10 Å². The molecule has 0 aliphatic carbocycles. The van der Waals surface area contributed by atoms with Gasteiger partial charge in [0.15, 0.2) is 5.15 Å². The zero-order valence-electron chi connectivity index (χ0n) is 15.9. The quantitative estimate of drug-likeness (QED) is 0.456. The molecule has 0 aliphatic heterocycles. The first-order valence-corrected chi connectivity index (χ1v) is 11.5. The third-order valence-electron chi connectivity index (χ3n) is 4.53. The van der Waals surface area contributed by atoms with E-state index in [0.717, 1.165) is 29.5 Å². The summed E-state index contributed by atoms with van der Waals surface area (Å²) in [6, 6.07) is 17.3. The fraction of sp³-hybridized carbons (Fsp3) is 0.0476. The van der Waals surface area contributed by atoms with Crippen LogP contribution >= 0.6 is 23.2 Å². The molecule has 1 aromatic heterocycles. The van der Waals surface area contributed by atoms with Gasteiger partial charge < -0.3 is 0 Å². The predicted octanol–water partition coefficient (Wildman–Crippen LogP) is 4.83. The third kappa shape index (κ3) is 4.27. The number of fused-ring (bicyclic) bond motifs is 1. The Morgan fingerprint density at radius 2 is 1.74 bits per heavy atom. The van der Waals surface area contributed by atoms with Crippen LogP contribution < -0.4 is 4.72 Å². The third-order valence-corrected chi connectivity index (χ3v) is 5.67. The van der Waals surface area contributed by atoms with Crippen LogP contribution in [0.25, 0.3) is 27.7 Å². The summed E-state index contributed by atoms with van der Waals surface area (Å²) in [7, 11) is -3.86. The number of halogens is 3. The molecule has 0 radical (unpaired) electrons. The average molecular weight is 478 g/mol. The minimum absolute atomic E-state index is 0.00812. The lowest BCUT2D eigenvalue weighted by atomic mass is 10.0. The number of hydrogen-bond donors (Lipinski definition) is 1. The molecule has 10 heteroatoms. The van der Waals surface area contributed by atoms with Gasteiger partial charge in [-0.05, 0) is 29.3 Å². The highest BCUT2D eigenvalue weighted by Crippen LogP contribution is 2.33. The molecule has 0 spiro atoms. The lowest BCUT2D eigenvalue weighted by molar-refractivity contribution is 0.0978. The van der Waals surface area contributed by atoms with E-state index in [1.807, 2.05) is 48.5 Å². The number of carbonyl (C=O) groups is 1. The standard InChI is InChI=1S/C21H14Cl2FN3O3S/c1-31(29,30)26-21(28)15-10-16(22)19(11-17(15)24)27-18-9-13(12-5-3-2-4-6-12)7-8-14(18)20(23)25-27/h2-11H,1H3,(H,26,28). The van der Waals surface area contributed by atoms with E-state index in [1.165, 1.54) is 4.68 Å². The molecule has 0 unspecified atom stereocenters. The molecule has 31 heavy (non-hydrogen) atoms. The van der Waals surface area contributed by atoms with E-state index in [2.05, 4.69) is 5.10 Å². The molecule has 158 valence electrons. The summed E-state index contributed by atoms with van der Waals surface area (Å²) >= 11 is 12.6. The van der Waals surface area contributed by atoms with E-state index >= 15 is 0 Å². The Hall–Kier alpha value is -2.94. The van der Waals surface area contributed by atoms with Gasteiger partial charge in [-0.15, -0.1) is 0 Å². The SMILES string of the molecule is CS(=O)(=O)NC(=O)c1cc(Cl)c(-n2nc(Cl)c3ccc(-c4ccccc4)cc32)cc1F. The van der Waals surface area contributed by atoms with Crippen molar-refractivity contribution >= 4 is 50.0 Å². The van der Waals surface area contributed by atoms with E-state index in [0.29, 0.717) is 10.9 Å². The monoisotopic (exact) mass is 477 g/mol. The molecule has 0 aliphatic rings. The van der Waals surface area contributed by atoms with Crippen LogP contribution in [0.5, 0.6) is 0 Å². The number of nitrogens with one attached hydrogen (secondary N) is 1. The molecule has 6 nitrogen and oxygen atoms in total. The Bertz CT molecular complexity index is 1440. The molecule has 3 aromatic carbocycles. The van der Waals surface area contributed by atoms with Gasteiger partial charge in [-0.1, -0.05) is 59.6 Å². The lowest BCUT2D eigenvalue weighted by Gasteiger charge is -2.10. The molecular weight excluding hydrogens is 464 g/mol. The number of rotatable bonds is 4. The normalized spacial score (nSPS) is 11.6. The molecule has 0 saturated heterocycles. The smallest absolute Gasteiger partial charge is 0.267 e.